The van der Waals surface area contributed by atoms with E-state index < -0.39 is 0 Å². The normalized spacial score (nSPS) is 35.4. The molecule has 13 heavy (non-hydrogen) atoms. The molecule has 0 heterocycles. The van der Waals surface area contributed by atoms with Crippen molar-refractivity contribution in [3.8, 4) is 0 Å². The molecule has 0 spiro atoms. The zero-order valence-corrected chi connectivity index (χ0v) is 9.01. The van der Waals surface area contributed by atoms with Gasteiger partial charge in [0.1, 0.15) is 6.29 Å². The van der Waals surface area contributed by atoms with Crippen molar-refractivity contribution in [2.24, 2.45) is 11.3 Å². The number of hydrogen-bond acceptors (Lipinski definition) is 1. The second-order valence-electron chi connectivity index (χ2n) is 4.41. The average molecular weight is 182 g/mol. The number of carbonyl (C=O) groups excluding carboxylic acids is 1. The molecule has 0 amide bonds. The van der Waals surface area contributed by atoms with Crippen LogP contribution in [0.2, 0.25) is 0 Å². The molecule has 0 bridgehead atoms. The Hall–Kier alpha value is -0.330. The van der Waals surface area contributed by atoms with E-state index in [1.807, 2.05) is 0 Å². The number of rotatable bonds is 3. The molecule has 0 aromatic heterocycles. The molecule has 1 aliphatic carbocycles. The van der Waals surface area contributed by atoms with Gasteiger partial charge < -0.3 is 4.79 Å². The molecule has 76 valence electrons. The SMILES string of the molecule is CCC1CCCCCC1(C=O)CC. The first-order valence-electron chi connectivity index (χ1n) is 5.75. The molecule has 1 aliphatic rings. The molecule has 1 fully saturated rings. The lowest BCUT2D eigenvalue weighted by molar-refractivity contribution is -0.120. The zero-order chi connectivity index (χ0) is 9.73. The van der Waals surface area contributed by atoms with Crippen molar-refractivity contribution in [3.05, 3.63) is 0 Å². The zero-order valence-electron chi connectivity index (χ0n) is 9.01. The molecule has 1 nitrogen and oxygen atoms in total. The van der Waals surface area contributed by atoms with Gasteiger partial charge in [0.2, 0.25) is 0 Å². The quantitative estimate of drug-likeness (QED) is 0.481. The van der Waals surface area contributed by atoms with E-state index in [0.29, 0.717) is 5.92 Å². The van der Waals surface area contributed by atoms with Crippen LogP contribution in [0.25, 0.3) is 0 Å². The molecule has 0 aromatic carbocycles. The highest BCUT2D eigenvalue weighted by atomic mass is 16.1. The molecule has 0 saturated heterocycles. The monoisotopic (exact) mass is 182 g/mol. The van der Waals surface area contributed by atoms with Gasteiger partial charge in [0.05, 0.1) is 0 Å². The van der Waals surface area contributed by atoms with Crippen molar-refractivity contribution in [3.63, 3.8) is 0 Å². The van der Waals surface area contributed by atoms with Gasteiger partial charge in [-0.1, -0.05) is 39.5 Å². The van der Waals surface area contributed by atoms with Crippen molar-refractivity contribution >= 4 is 6.29 Å². The maximum Gasteiger partial charge on any atom is 0.126 e. The van der Waals surface area contributed by atoms with E-state index >= 15 is 0 Å². The predicted molar refractivity (Wildman–Crippen MR) is 55.7 cm³/mol. The maximum atomic E-state index is 11.2. The highest BCUT2D eigenvalue weighted by molar-refractivity contribution is 5.60. The topological polar surface area (TPSA) is 17.1 Å². The van der Waals surface area contributed by atoms with Crippen LogP contribution in [0, 0.1) is 11.3 Å². The minimum atomic E-state index is 0.0330. The predicted octanol–water partition coefficient (Wildman–Crippen LogP) is 3.57. The lowest BCUT2D eigenvalue weighted by Gasteiger charge is -2.33. The summed E-state index contributed by atoms with van der Waals surface area (Å²) >= 11 is 0. The van der Waals surface area contributed by atoms with Crippen LogP contribution in [0.15, 0.2) is 0 Å². The van der Waals surface area contributed by atoms with Crippen molar-refractivity contribution in [1.82, 2.24) is 0 Å². The van der Waals surface area contributed by atoms with Gasteiger partial charge in [-0.15, -0.1) is 0 Å². The van der Waals surface area contributed by atoms with Crippen LogP contribution in [0.3, 0.4) is 0 Å². The Kier molecular flexibility index (Phi) is 3.95. The van der Waals surface area contributed by atoms with Crippen LogP contribution >= 0.6 is 0 Å². The highest BCUT2D eigenvalue weighted by Crippen LogP contribution is 2.42. The average Bonchev–Trinajstić information content (AvgIpc) is 2.39. The summed E-state index contributed by atoms with van der Waals surface area (Å²) in [4.78, 5) is 11.2. The van der Waals surface area contributed by atoms with Gasteiger partial charge >= 0.3 is 0 Å². The minimum absolute atomic E-state index is 0.0330. The molecule has 2 atom stereocenters. The van der Waals surface area contributed by atoms with Crippen molar-refractivity contribution in [2.45, 2.75) is 58.8 Å². The first kappa shape index (κ1) is 10.7. The van der Waals surface area contributed by atoms with Crippen LogP contribution < -0.4 is 0 Å². The van der Waals surface area contributed by atoms with E-state index in [0.717, 1.165) is 12.8 Å². The summed E-state index contributed by atoms with van der Waals surface area (Å²) in [6.07, 6.45) is 9.77. The minimum Gasteiger partial charge on any atom is -0.303 e. The number of hydrogen-bond donors (Lipinski definition) is 0. The molecule has 1 heteroatoms. The molecule has 0 radical (unpaired) electrons. The smallest absolute Gasteiger partial charge is 0.126 e. The summed E-state index contributed by atoms with van der Waals surface area (Å²) < 4.78 is 0. The van der Waals surface area contributed by atoms with E-state index in [1.165, 1.54) is 38.4 Å². The molecule has 0 aromatic rings. The molecule has 1 rings (SSSR count). The lowest BCUT2D eigenvalue weighted by atomic mass is 9.70. The van der Waals surface area contributed by atoms with Crippen molar-refractivity contribution in [1.29, 1.82) is 0 Å². The molecule has 1 saturated carbocycles. The van der Waals surface area contributed by atoms with E-state index in [1.54, 1.807) is 0 Å². The van der Waals surface area contributed by atoms with E-state index in [4.69, 9.17) is 0 Å². The number of carbonyl (C=O) groups is 1. The Morgan fingerprint density at radius 1 is 1.31 bits per heavy atom. The summed E-state index contributed by atoms with van der Waals surface area (Å²) in [6.45, 7) is 4.40. The van der Waals surface area contributed by atoms with Crippen molar-refractivity contribution < 1.29 is 4.79 Å². The second-order valence-corrected chi connectivity index (χ2v) is 4.41. The third kappa shape index (κ3) is 2.12. The Labute approximate surface area is 81.9 Å². The largest absolute Gasteiger partial charge is 0.303 e. The van der Waals surface area contributed by atoms with Crippen LogP contribution in [0.1, 0.15) is 58.8 Å². The standard InChI is InChI=1S/C12H22O/c1-3-11-8-6-5-7-9-12(11,4-2)10-13/h10-11H,3-9H2,1-2H3. The van der Waals surface area contributed by atoms with E-state index in [2.05, 4.69) is 13.8 Å². The van der Waals surface area contributed by atoms with Crippen LogP contribution in [-0.2, 0) is 4.79 Å². The summed E-state index contributed by atoms with van der Waals surface area (Å²) in [6, 6.07) is 0. The van der Waals surface area contributed by atoms with E-state index in [-0.39, 0.29) is 5.41 Å². The maximum absolute atomic E-state index is 11.2. The van der Waals surface area contributed by atoms with Gasteiger partial charge in [-0.05, 0) is 25.2 Å². The van der Waals surface area contributed by atoms with Crippen LogP contribution in [-0.4, -0.2) is 6.29 Å². The van der Waals surface area contributed by atoms with Gasteiger partial charge in [-0.3, -0.25) is 0 Å². The van der Waals surface area contributed by atoms with E-state index in [9.17, 15) is 4.79 Å². The fraction of sp³-hybridized carbons (Fsp3) is 0.917. The first-order chi connectivity index (χ1) is 6.29. The summed E-state index contributed by atoms with van der Waals surface area (Å²) in [5, 5.41) is 0. The molecular weight excluding hydrogens is 160 g/mol. The van der Waals surface area contributed by atoms with Gasteiger partial charge in [-0.25, -0.2) is 0 Å². The van der Waals surface area contributed by atoms with Crippen LogP contribution in [0.4, 0.5) is 0 Å². The lowest BCUT2D eigenvalue weighted by Crippen LogP contribution is -2.30. The fourth-order valence-electron chi connectivity index (χ4n) is 2.83. The summed E-state index contributed by atoms with van der Waals surface area (Å²) in [5.74, 6) is 0.650. The molecule has 0 N–H and O–H groups in total. The summed E-state index contributed by atoms with van der Waals surface area (Å²) in [5.41, 5.74) is 0.0330. The molecular formula is C12H22O. The third-order valence-corrected chi connectivity index (χ3v) is 3.89. The Morgan fingerprint density at radius 2 is 2.08 bits per heavy atom. The van der Waals surface area contributed by atoms with Gasteiger partial charge in [0.15, 0.2) is 0 Å². The fourth-order valence-corrected chi connectivity index (χ4v) is 2.83. The van der Waals surface area contributed by atoms with Gasteiger partial charge in [0.25, 0.3) is 0 Å². The van der Waals surface area contributed by atoms with Gasteiger partial charge in [-0.2, -0.15) is 0 Å². The van der Waals surface area contributed by atoms with Crippen molar-refractivity contribution in [2.75, 3.05) is 0 Å². The second kappa shape index (κ2) is 4.78. The summed E-state index contributed by atoms with van der Waals surface area (Å²) in [7, 11) is 0. The number of aldehydes is 1. The molecule has 0 aliphatic heterocycles. The van der Waals surface area contributed by atoms with Crippen LogP contribution in [0.5, 0.6) is 0 Å². The Morgan fingerprint density at radius 3 is 2.62 bits per heavy atom. The van der Waals surface area contributed by atoms with Gasteiger partial charge in [0, 0.05) is 5.41 Å². The first-order valence-corrected chi connectivity index (χ1v) is 5.75. The molecule has 2 unspecified atom stereocenters. The Bertz CT molecular complexity index is 165. The third-order valence-electron chi connectivity index (χ3n) is 3.89. The Balaban J connectivity index is 2.78. The highest BCUT2D eigenvalue weighted by Gasteiger charge is 2.36.